The van der Waals surface area contributed by atoms with E-state index in [4.69, 9.17) is 4.98 Å². The Morgan fingerprint density at radius 2 is 2.11 bits per heavy atom. The van der Waals surface area contributed by atoms with Crippen molar-refractivity contribution in [3.63, 3.8) is 0 Å². The minimum Gasteiger partial charge on any atom is -0.370 e. The van der Waals surface area contributed by atoms with Crippen molar-refractivity contribution >= 4 is 11.6 Å². The van der Waals surface area contributed by atoms with Crippen LogP contribution in [0.3, 0.4) is 0 Å². The van der Waals surface area contributed by atoms with Gasteiger partial charge in [-0.1, -0.05) is 13.8 Å². The van der Waals surface area contributed by atoms with Crippen molar-refractivity contribution < 1.29 is 0 Å². The molecule has 0 aliphatic heterocycles. The van der Waals surface area contributed by atoms with Crippen LogP contribution >= 0.6 is 0 Å². The molecule has 1 aromatic rings. The van der Waals surface area contributed by atoms with Gasteiger partial charge in [-0.05, 0) is 26.2 Å². The predicted molar refractivity (Wildman–Crippen MR) is 76.3 cm³/mol. The molecule has 0 saturated heterocycles. The Hall–Kier alpha value is -1.32. The first-order chi connectivity index (χ1) is 8.61. The zero-order valence-corrected chi connectivity index (χ0v) is 11.9. The van der Waals surface area contributed by atoms with Gasteiger partial charge in [0.25, 0.3) is 0 Å². The monoisotopic (exact) mass is 248 g/mol. The van der Waals surface area contributed by atoms with Crippen LogP contribution in [0.1, 0.15) is 51.8 Å². The Labute approximate surface area is 110 Å². The van der Waals surface area contributed by atoms with Crippen molar-refractivity contribution in [2.45, 2.75) is 52.0 Å². The van der Waals surface area contributed by atoms with Crippen molar-refractivity contribution in [3.05, 3.63) is 11.9 Å². The third-order valence-electron chi connectivity index (χ3n) is 3.59. The highest BCUT2D eigenvalue weighted by atomic mass is 15.2. The lowest BCUT2D eigenvalue weighted by Gasteiger charge is -2.35. The van der Waals surface area contributed by atoms with Gasteiger partial charge in [0.15, 0.2) is 0 Å². The second kappa shape index (κ2) is 5.55. The summed E-state index contributed by atoms with van der Waals surface area (Å²) in [4.78, 5) is 11.6. The van der Waals surface area contributed by atoms with Gasteiger partial charge in [0.05, 0.1) is 0 Å². The summed E-state index contributed by atoms with van der Waals surface area (Å²) in [6.07, 6.45) is 3.92. The molecule has 0 atom stereocenters. The van der Waals surface area contributed by atoms with E-state index in [1.165, 1.54) is 19.3 Å². The van der Waals surface area contributed by atoms with Crippen LogP contribution in [-0.2, 0) is 0 Å². The van der Waals surface area contributed by atoms with Crippen molar-refractivity contribution in [1.82, 2.24) is 9.97 Å². The Kier molecular flexibility index (Phi) is 4.04. The van der Waals surface area contributed by atoms with Crippen molar-refractivity contribution in [2.24, 2.45) is 0 Å². The highest BCUT2D eigenvalue weighted by Gasteiger charge is 2.24. The van der Waals surface area contributed by atoms with Gasteiger partial charge in [0.2, 0.25) is 0 Å². The summed E-state index contributed by atoms with van der Waals surface area (Å²) in [6.45, 7) is 7.25. The van der Waals surface area contributed by atoms with Gasteiger partial charge < -0.3 is 10.2 Å². The highest BCUT2D eigenvalue weighted by molar-refractivity contribution is 5.50. The smallest absolute Gasteiger partial charge is 0.135 e. The summed E-state index contributed by atoms with van der Waals surface area (Å²) in [7, 11) is 2.14. The molecule has 0 aromatic carbocycles. The number of rotatable bonds is 5. The Morgan fingerprint density at radius 3 is 2.61 bits per heavy atom. The van der Waals surface area contributed by atoms with Gasteiger partial charge in [-0.3, -0.25) is 0 Å². The fourth-order valence-corrected chi connectivity index (χ4v) is 2.12. The van der Waals surface area contributed by atoms with Crippen LogP contribution in [0.5, 0.6) is 0 Å². The van der Waals surface area contributed by atoms with Gasteiger partial charge in [-0.25, -0.2) is 9.97 Å². The van der Waals surface area contributed by atoms with E-state index in [1.54, 1.807) is 0 Å². The van der Waals surface area contributed by atoms with Crippen LogP contribution in [0.4, 0.5) is 11.6 Å². The summed E-state index contributed by atoms with van der Waals surface area (Å²) in [6, 6.07) is 2.72. The normalized spacial score (nSPS) is 15.6. The molecule has 1 N–H and O–H groups in total. The van der Waals surface area contributed by atoms with Crippen LogP contribution in [-0.4, -0.2) is 29.6 Å². The number of aromatic nitrogens is 2. The fourth-order valence-electron chi connectivity index (χ4n) is 2.12. The molecular weight excluding hydrogens is 224 g/mol. The molecule has 2 rings (SSSR count). The van der Waals surface area contributed by atoms with E-state index in [9.17, 15) is 0 Å². The molecule has 1 fully saturated rings. The van der Waals surface area contributed by atoms with Gasteiger partial charge in [0, 0.05) is 31.6 Å². The first-order valence-corrected chi connectivity index (χ1v) is 6.97. The van der Waals surface area contributed by atoms with E-state index >= 15 is 0 Å². The average molecular weight is 248 g/mol. The zero-order valence-electron chi connectivity index (χ0n) is 11.9. The molecule has 1 heterocycles. The standard InChI is InChI=1S/C14H24N4/c1-5-15-12-9-13(17-14(16-12)10(2)3)18(4)11-7-6-8-11/h9-11H,5-8H2,1-4H3,(H,15,16,17). The lowest BCUT2D eigenvalue weighted by atomic mass is 9.92. The lowest BCUT2D eigenvalue weighted by Crippen LogP contribution is -2.37. The molecule has 0 spiro atoms. The number of anilines is 2. The molecule has 0 radical (unpaired) electrons. The van der Waals surface area contributed by atoms with Gasteiger partial charge in [0.1, 0.15) is 17.5 Å². The Bertz CT molecular complexity index is 399. The molecule has 1 saturated carbocycles. The van der Waals surface area contributed by atoms with Crippen molar-refractivity contribution in [1.29, 1.82) is 0 Å². The van der Waals surface area contributed by atoms with Crippen LogP contribution < -0.4 is 10.2 Å². The topological polar surface area (TPSA) is 41.0 Å². The highest BCUT2D eigenvalue weighted by Crippen LogP contribution is 2.28. The van der Waals surface area contributed by atoms with E-state index in [0.29, 0.717) is 12.0 Å². The summed E-state index contributed by atoms with van der Waals surface area (Å²) >= 11 is 0. The van der Waals surface area contributed by atoms with Gasteiger partial charge >= 0.3 is 0 Å². The average Bonchev–Trinajstić information content (AvgIpc) is 2.26. The zero-order chi connectivity index (χ0) is 13.1. The van der Waals surface area contributed by atoms with E-state index in [0.717, 1.165) is 24.0 Å². The molecule has 1 aromatic heterocycles. The van der Waals surface area contributed by atoms with E-state index in [2.05, 4.69) is 49.1 Å². The SMILES string of the molecule is CCNc1cc(N(C)C2CCC2)nc(C(C)C)n1. The first kappa shape index (κ1) is 13.1. The van der Waals surface area contributed by atoms with Crippen LogP contribution in [0.25, 0.3) is 0 Å². The second-order valence-electron chi connectivity index (χ2n) is 5.35. The molecule has 0 unspecified atom stereocenters. The van der Waals surface area contributed by atoms with Crippen LogP contribution in [0.2, 0.25) is 0 Å². The molecule has 0 amide bonds. The number of nitrogens with zero attached hydrogens (tertiary/aromatic N) is 3. The number of hydrogen-bond acceptors (Lipinski definition) is 4. The minimum atomic E-state index is 0.358. The summed E-state index contributed by atoms with van der Waals surface area (Å²) in [5, 5.41) is 3.30. The summed E-state index contributed by atoms with van der Waals surface area (Å²) < 4.78 is 0. The molecule has 4 heteroatoms. The van der Waals surface area contributed by atoms with Crippen molar-refractivity contribution in [2.75, 3.05) is 23.8 Å². The maximum atomic E-state index is 4.69. The lowest BCUT2D eigenvalue weighted by molar-refractivity contribution is 0.399. The van der Waals surface area contributed by atoms with Crippen LogP contribution in [0.15, 0.2) is 6.07 Å². The third-order valence-corrected chi connectivity index (χ3v) is 3.59. The fraction of sp³-hybridized carbons (Fsp3) is 0.714. The number of nitrogens with one attached hydrogen (secondary N) is 1. The van der Waals surface area contributed by atoms with E-state index < -0.39 is 0 Å². The van der Waals surface area contributed by atoms with Crippen molar-refractivity contribution in [3.8, 4) is 0 Å². The van der Waals surface area contributed by atoms with E-state index in [-0.39, 0.29) is 0 Å². The Balaban J connectivity index is 2.26. The summed E-state index contributed by atoms with van der Waals surface area (Å²) in [5.74, 6) is 3.28. The Morgan fingerprint density at radius 1 is 1.39 bits per heavy atom. The maximum absolute atomic E-state index is 4.69. The predicted octanol–water partition coefficient (Wildman–Crippen LogP) is 3.02. The molecule has 1 aliphatic rings. The minimum absolute atomic E-state index is 0.358. The molecule has 18 heavy (non-hydrogen) atoms. The molecular formula is C14H24N4. The van der Waals surface area contributed by atoms with E-state index in [1.807, 2.05) is 0 Å². The number of hydrogen-bond donors (Lipinski definition) is 1. The molecule has 100 valence electrons. The van der Waals surface area contributed by atoms with Crippen LogP contribution in [0, 0.1) is 0 Å². The maximum Gasteiger partial charge on any atom is 0.135 e. The largest absolute Gasteiger partial charge is 0.370 e. The third kappa shape index (κ3) is 2.74. The quantitative estimate of drug-likeness (QED) is 0.869. The molecule has 4 nitrogen and oxygen atoms in total. The summed E-state index contributed by atoms with van der Waals surface area (Å²) in [5.41, 5.74) is 0. The molecule has 1 aliphatic carbocycles. The first-order valence-electron chi connectivity index (χ1n) is 6.97. The van der Waals surface area contributed by atoms with Gasteiger partial charge in [-0.2, -0.15) is 0 Å². The molecule has 0 bridgehead atoms. The second-order valence-corrected chi connectivity index (χ2v) is 5.35. The van der Waals surface area contributed by atoms with Gasteiger partial charge in [-0.15, -0.1) is 0 Å².